The zero-order valence-electron chi connectivity index (χ0n) is 19.9. The average molecular weight is 486 g/mol. The monoisotopic (exact) mass is 485 g/mol. The predicted octanol–water partition coefficient (Wildman–Crippen LogP) is 7.64. The first-order chi connectivity index (χ1) is 15.6. The summed E-state index contributed by atoms with van der Waals surface area (Å²) in [7, 11) is 0. The summed E-state index contributed by atoms with van der Waals surface area (Å²) in [5.41, 5.74) is 1.47. The SMILES string of the molecule is C=CC[C@@]1(C)CC(c2cccc(Cl)c2)[C@@H](c2ccc(Cl)cc2)N(C(CC)[C@@H](C)C(C)=O)C1=O. The number of amides is 1. The summed E-state index contributed by atoms with van der Waals surface area (Å²) in [6.07, 6.45) is 3.73. The van der Waals surface area contributed by atoms with Crippen LogP contribution in [0.1, 0.15) is 70.0 Å². The molecule has 0 spiro atoms. The number of nitrogens with zero attached hydrogens (tertiary/aromatic N) is 1. The van der Waals surface area contributed by atoms with Crippen LogP contribution < -0.4 is 0 Å². The van der Waals surface area contributed by atoms with E-state index in [4.69, 9.17) is 23.2 Å². The third kappa shape index (κ3) is 5.20. The molecular weight excluding hydrogens is 453 g/mol. The van der Waals surface area contributed by atoms with Gasteiger partial charge >= 0.3 is 0 Å². The number of piperidine rings is 1. The van der Waals surface area contributed by atoms with Gasteiger partial charge in [0, 0.05) is 27.9 Å². The van der Waals surface area contributed by atoms with Crippen LogP contribution in [0.4, 0.5) is 0 Å². The van der Waals surface area contributed by atoms with Gasteiger partial charge < -0.3 is 4.90 Å². The molecule has 33 heavy (non-hydrogen) atoms. The number of halogens is 2. The third-order valence-electron chi connectivity index (χ3n) is 7.18. The zero-order chi connectivity index (χ0) is 24.3. The standard InChI is InChI=1S/C28H33Cl2NO2/c1-6-15-28(5)17-24(21-9-8-10-23(30)16-21)26(20-11-13-22(29)14-12-20)31(27(28)33)25(7-2)18(3)19(4)32/h6,8-14,16,18,24-26H,1,7,15,17H2,2-5H3/t18-,24?,25?,26+,28-/m0/s1. The fourth-order valence-corrected chi connectivity index (χ4v) is 5.64. The molecule has 1 heterocycles. The van der Waals surface area contributed by atoms with Crippen molar-refractivity contribution < 1.29 is 9.59 Å². The highest BCUT2D eigenvalue weighted by Crippen LogP contribution is 2.52. The van der Waals surface area contributed by atoms with Crippen LogP contribution in [-0.2, 0) is 9.59 Å². The Morgan fingerprint density at radius 2 is 1.85 bits per heavy atom. The summed E-state index contributed by atoms with van der Waals surface area (Å²) in [6, 6.07) is 15.1. The molecule has 5 heteroatoms. The minimum atomic E-state index is -0.623. The maximum absolute atomic E-state index is 14.2. The summed E-state index contributed by atoms with van der Waals surface area (Å²) in [6.45, 7) is 11.5. The van der Waals surface area contributed by atoms with Crippen molar-refractivity contribution in [3.05, 3.63) is 82.4 Å². The average Bonchev–Trinajstić information content (AvgIpc) is 2.77. The van der Waals surface area contributed by atoms with E-state index in [0.717, 1.165) is 11.1 Å². The third-order valence-corrected chi connectivity index (χ3v) is 7.67. The summed E-state index contributed by atoms with van der Waals surface area (Å²) >= 11 is 12.6. The Hall–Kier alpha value is -2.10. The van der Waals surface area contributed by atoms with Crippen molar-refractivity contribution in [3.63, 3.8) is 0 Å². The van der Waals surface area contributed by atoms with Crippen LogP contribution in [0, 0.1) is 11.3 Å². The molecule has 0 saturated carbocycles. The summed E-state index contributed by atoms with van der Waals surface area (Å²) in [5, 5.41) is 1.31. The van der Waals surface area contributed by atoms with E-state index in [1.54, 1.807) is 6.92 Å². The number of Topliss-reactive ketones (excluding diaryl/α,β-unsaturated/α-hetero) is 1. The van der Waals surface area contributed by atoms with Crippen LogP contribution in [0.25, 0.3) is 0 Å². The summed E-state index contributed by atoms with van der Waals surface area (Å²) in [4.78, 5) is 28.6. The van der Waals surface area contributed by atoms with E-state index < -0.39 is 5.41 Å². The molecule has 176 valence electrons. The molecule has 1 aliphatic rings. The van der Waals surface area contributed by atoms with Crippen molar-refractivity contribution in [1.29, 1.82) is 0 Å². The van der Waals surface area contributed by atoms with Crippen LogP contribution in [0.3, 0.4) is 0 Å². The number of carbonyl (C=O) groups excluding carboxylic acids is 2. The maximum atomic E-state index is 14.2. The maximum Gasteiger partial charge on any atom is 0.229 e. The second-order valence-electron chi connectivity index (χ2n) is 9.50. The van der Waals surface area contributed by atoms with E-state index in [9.17, 15) is 9.59 Å². The van der Waals surface area contributed by atoms with Gasteiger partial charge in [0.15, 0.2) is 0 Å². The lowest BCUT2D eigenvalue weighted by molar-refractivity contribution is -0.157. The summed E-state index contributed by atoms with van der Waals surface area (Å²) in [5.74, 6) is -0.124. The number of likely N-dealkylation sites (tertiary alicyclic amines) is 1. The molecule has 1 amide bonds. The number of hydrogen-bond donors (Lipinski definition) is 0. The summed E-state index contributed by atoms with van der Waals surface area (Å²) < 4.78 is 0. The molecule has 2 aromatic carbocycles. The molecule has 3 nitrogen and oxygen atoms in total. The van der Waals surface area contributed by atoms with Crippen LogP contribution in [0.2, 0.25) is 10.0 Å². The zero-order valence-corrected chi connectivity index (χ0v) is 21.4. The Morgan fingerprint density at radius 1 is 1.18 bits per heavy atom. The van der Waals surface area contributed by atoms with Crippen LogP contribution >= 0.6 is 23.2 Å². The number of benzene rings is 2. The number of allylic oxidation sites excluding steroid dienone is 1. The van der Waals surface area contributed by atoms with Gasteiger partial charge in [-0.3, -0.25) is 9.59 Å². The first kappa shape index (κ1) is 25.5. The first-order valence-corrected chi connectivity index (χ1v) is 12.3. The Balaban J connectivity index is 2.27. The topological polar surface area (TPSA) is 37.4 Å². The minimum Gasteiger partial charge on any atom is -0.331 e. The molecule has 1 fully saturated rings. The highest BCUT2D eigenvalue weighted by molar-refractivity contribution is 6.30. The van der Waals surface area contributed by atoms with Gasteiger partial charge in [-0.25, -0.2) is 0 Å². The minimum absolute atomic E-state index is 0.000679. The Kier molecular flexibility index (Phi) is 8.08. The van der Waals surface area contributed by atoms with Gasteiger partial charge in [-0.1, -0.05) is 74.3 Å². The van der Waals surface area contributed by atoms with Crippen LogP contribution in [0.15, 0.2) is 61.2 Å². The second-order valence-corrected chi connectivity index (χ2v) is 10.4. The first-order valence-electron chi connectivity index (χ1n) is 11.6. The molecule has 5 atom stereocenters. The van der Waals surface area contributed by atoms with Crippen molar-refractivity contribution in [1.82, 2.24) is 4.90 Å². The molecule has 0 aromatic heterocycles. The van der Waals surface area contributed by atoms with E-state index in [2.05, 4.69) is 12.6 Å². The van der Waals surface area contributed by atoms with E-state index in [1.165, 1.54) is 0 Å². The Morgan fingerprint density at radius 3 is 2.39 bits per heavy atom. The number of carbonyl (C=O) groups is 2. The lowest BCUT2D eigenvalue weighted by atomic mass is 9.66. The van der Waals surface area contributed by atoms with Crippen molar-refractivity contribution in [3.8, 4) is 0 Å². The van der Waals surface area contributed by atoms with E-state index in [0.29, 0.717) is 29.3 Å². The predicted molar refractivity (Wildman–Crippen MR) is 137 cm³/mol. The second kappa shape index (κ2) is 10.4. The molecule has 1 saturated heterocycles. The van der Waals surface area contributed by atoms with E-state index >= 15 is 0 Å². The molecule has 1 aliphatic heterocycles. The number of ketones is 1. The Labute approximate surface area is 207 Å². The van der Waals surface area contributed by atoms with Gasteiger partial charge in [-0.2, -0.15) is 0 Å². The highest BCUT2D eigenvalue weighted by atomic mass is 35.5. The smallest absolute Gasteiger partial charge is 0.229 e. The van der Waals surface area contributed by atoms with Gasteiger partial charge in [0.2, 0.25) is 5.91 Å². The molecule has 0 radical (unpaired) electrons. The van der Waals surface area contributed by atoms with Gasteiger partial charge in [0.05, 0.1) is 11.5 Å². The number of rotatable bonds is 8. The molecule has 0 bridgehead atoms. The molecular formula is C28H33Cl2NO2. The van der Waals surface area contributed by atoms with Gasteiger partial charge in [0.1, 0.15) is 5.78 Å². The van der Waals surface area contributed by atoms with Gasteiger partial charge in [0.25, 0.3) is 0 Å². The quantitative estimate of drug-likeness (QED) is 0.360. The van der Waals surface area contributed by atoms with Crippen LogP contribution in [-0.4, -0.2) is 22.6 Å². The molecule has 0 aliphatic carbocycles. The van der Waals surface area contributed by atoms with Crippen molar-refractivity contribution in [2.75, 3.05) is 0 Å². The molecule has 0 N–H and O–H groups in total. The van der Waals surface area contributed by atoms with Crippen molar-refractivity contribution in [2.45, 2.75) is 65.0 Å². The van der Waals surface area contributed by atoms with E-state index in [-0.39, 0.29) is 35.6 Å². The fourth-order valence-electron chi connectivity index (χ4n) is 5.31. The lowest BCUT2D eigenvalue weighted by Crippen LogP contribution is -2.57. The van der Waals surface area contributed by atoms with Crippen molar-refractivity contribution in [2.24, 2.45) is 11.3 Å². The molecule has 3 rings (SSSR count). The molecule has 2 aromatic rings. The Bertz CT molecular complexity index is 1020. The van der Waals surface area contributed by atoms with E-state index in [1.807, 2.05) is 74.2 Å². The molecule has 2 unspecified atom stereocenters. The van der Waals surface area contributed by atoms with Gasteiger partial charge in [-0.05, 0) is 61.6 Å². The number of hydrogen-bond acceptors (Lipinski definition) is 2. The fraction of sp³-hybridized carbons (Fsp3) is 0.429. The van der Waals surface area contributed by atoms with Crippen molar-refractivity contribution >= 4 is 34.9 Å². The normalized spacial score (nSPS) is 24.9. The largest absolute Gasteiger partial charge is 0.331 e. The highest BCUT2D eigenvalue weighted by Gasteiger charge is 2.51. The van der Waals surface area contributed by atoms with Gasteiger partial charge in [-0.15, -0.1) is 6.58 Å². The lowest BCUT2D eigenvalue weighted by Gasteiger charge is -2.53. The van der Waals surface area contributed by atoms with Crippen LogP contribution in [0.5, 0.6) is 0 Å².